The maximum atomic E-state index is 8.73. The molecule has 0 aliphatic rings. The normalized spacial score (nSPS) is 18.9. The van der Waals surface area contributed by atoms with Crippen molar-refractivity contribution in [2.24, 2.45) is 5.73 Å². The molecule has 0 amide bonds. The SMILES string of the molecule is CNCC(C)(N)O. The average molecular weight is 104 g/mol. The monoisotopic (exact) mass is 104 g/mol. The lowest BCUT2D eigenvalue weighted by atomic mass is 10.3. The molecule has 1 atom stereocenters. The summed E-state index contributed by atoms with van der Waals surface area (Å²) in [5.41, 5.74) is 4.08. The fourth-order valence-electron chi connectivity index (χ4n) is 0.358. The molecule has 1 unspecified atom stereocenters. The summed E-state index contributed by atoms with van der Waals surface area (Å²) < 4.78 is 0. The van der Waals surface area contributed by atoms with E-state index < -0.39 is 5.72 Å². The zero-order chi connectivity index (χ0) is 5.91. The Balaban J connectivity index is 3.15. The van der Waals surface area contributed by atoms with Crippen LogP contribution in [-0.2, 0) is 0 Å². The average Bonchev–Trinajstić information content (AvgIpc) is 1.30. The molecule has 7 heavy (non-hydrogen) atoms. The number of hydrogen-bond acceptors (Lipinski definition) is 3. The fourth-order valence-corrected chi connectivity index (χ4v) is 0.358. The van der Waals surface area contributed by atoms with Crippen LogP contribution in [-0.4, -0.2) is 24.4 Å². The van der Waals surface area contributed by atoms with E-state index in [1.165, 1.54) is 0 Å². The van der Waals surface area contributed by atoms with Crippen LogP contribution in [0.4, 0.5) is 0 Å². The van der Waals surface area contributed by atoms with E-state index >= 15 is 0 Å². The van der Waals surface area contributed by atoms with Crippen molar-refractivity contribution in [1.82, 2.24) is 5.32 Å². The highest BCUT2D eigenvalue weighted by atomic mass is 16.3. The second-order valence-electron chi connectivity index (χ2n) is 1.89. The van der Waals surface area contributed by atoms with Crippen LogP contribution in [0, 0.1) is 0 Å². The summed E-state index contributed by atoms with van der Waals surface area (Å²) in [6.45, 7) is 1.97. The molecule has 0 aromatic rings. The van der Waals surface area contributed by atoms with E-state index in [1.54, 1.807) is 14.0 Å². The predicted molar refractivity (Wildman–Crippen MR) is 28.7 cm³/mol. The van der Waals surface area contributed by atoms with Crippen LogP contribution in [0.2, 0.25) is 0 Å². The molecule has 0 rings (SSSR count). The van der Waals surface area contributed by atoms with Gasteiger partial charge < -0.3 is 16.2 Å². The number of aliphatic hydroxyl groups is 1. The Morgan fingerprint density at radius 2 is 2.29 bits per heavy atom. The molecule has 0 bridgehead atoms. The van der Waals surface area contributed by atoms with E-state index in [0.29, 0.717) is 6.54 Å². The maximum Gasteiger partial charge on any atom is 0.123 e. The Labute approximate surface area is 43.5 Å². The first-order valence-electron chi connectivity index (χ1n) is 2.22. The molecule has 44 valence electrons. The smallest absolute Gasteiger partial charge is 0.123 e. The summed E-state index contributed by atoms with van der Waals surface area (Å²) in [7, 11) is 1.74. The van der Waals surface area contributed by atoms with Crippen molar-refractivity contribution in [1.29, 1.82) is 0 Å². The predicted octanol–water partition coefficient (Wildman–Crippen LogP) is -1.13. The molecule has 0 aliphatic heterocycles. The minimum atomic E-state index is -1.06. The standard InChI is InChI=1S/C4H12N2O/c1-4(5,7)3-6-2/h6-7H,3,5H2,1-2H3. The van der Waals surface area contributed by atoms with Crippen LogP contribution in [0.15, 0.2) is 0 Å². The summed E-state index contributed by atoms with van der Waals surface area (Å²) in [4.78, 5) is 0. The molecule has 0 fully saturated rings. The first-order valence-corrected chi connectivity index (χ1v) is 2.22. The van der Waals surface area contributed by atoms with Crippen molar-refractivity contribution < 1.29 is 5.11 Å². The maximum absolute atomic E-state index is 8.73. The van der Waals surface area contributed by atoms with Gasteiger partial charge in [-0.05, 0) is 14.0 Å². The molecule has 3 nitrogen and oxygen atoms in total. The molecule has 0 saturated heterocycles. The molecule has 4 N–H and O–H groups in total. The number of nitrogens with one attached hydrogen (secondary N) is 1. The van der Waals surface area contributed by atoms with Gasteiger partial charge in [-0.3, -0.25) is 0 Å². The Bertz CT molecular complexity index is 48.1. The fraction of sp³-hybridized carbons (Fsp3) is 1.00. The molecule has 0 heterocycles. The van der Waals surface area contributed by atoms with E-state index in [0.717, 1.165) is 0 Å². The first-order chi connectivity index (χ1) is 3.06. The largest absolute Gasteiger partial charge is 0.375 e. The van der Waals surface area contributed by atoms with Gasteiger partial charge in [-0.2, -0.15) is 0 Å². The van der Waals surface area contributed by atoms with Gasteiger partial charge in [0.15, 0.2) is 0 Å². The minimum absolute atomic E-state index is 0.424. The molecule has 0 aliphatic carbocycles. The minimum Gasteiger partial charge on any atom is -0.375 e. The summed E-state index contributed by atoms with van der Waals surface area (Å²) >= 11 is 0. The van der Waals surface area contributed by atoms with E-state index in [-0.39, 0.29) is 0 Å². The first kappa shape index (κ1) is 6.88. The van der Waals surface area contributed by atoms with Crippen molar-refractivity contribution in [3.63, 3.8) is 0 Å². The molecule has 0 saturated carbocycles. The van der Waals surface area contributed by atoms with E-state index in [2.05, 4.69) is 5.32 Å². The van der Waals surface area contributed by atoms with Gasteiger partial charge in [-0.25, -0.2) is 0 Å². The molecule has 0 aromatic heterocycles. The Kier molecular flexibility index (Phi) is 2.22. The summed E-state index contributed by atoms with van der Waals surface area (Å²) in [6, 6.07) is 0. The highest BCUT2D eigenvalue weighted by Gasteiger charge is 2.08. The van der Waals surface area contributed by atoms with Gasteiger partial charge >= 0.3 is 0 Å². The second-order valence-corrected chi connectivity index (χ2v) is 1.89. The van der Waals surface area contributed by atoms with Crippen molar-refractivity contribution in [2.75, 3.05) is 13.6 Å². The van der Waals surface area contributed by atoms with Gasteiger partial charge in [0, 0.05) is 6.54 Å². The van der Waals surface area contributed by atoms with Crippen molar-refractivity contribution in [3.8, 4) is 0 Å². The highest BCUT2D eigenvalue weighted by molar-refractivity contribution is 4.63. The number of likely N-dealkylation sites (N-methyl/N-ethyl adjacent to an activating group) is 1. The molecule has 0 aromatic carbocycles. The Morgan fingerprint density at radius 3 is 2.29 bits per heavy atom. The number of rotatable bonds is 2. The Morgan fingerprint density at radius 1 is 1.86 bits per heavy atom. The lowest BCUT2D eigenvalue weighted by Gasteiger charge is -2.14. The zero-order valence-electron chi connectivity index (χ0n) is 4.73. The molecule has 0 radical (unpaired) electrons. The molecule has 3 heteroatoms. The van der Waals surface area contributed by atoms with Crippen LogP contribution in [0.5, 0.6) is 0 Å². The quantitative estimate of drug-likeness (QED) is 0.389. The van der Waals surface area contributed by atoms with Gasteiger partial charge in [0.1, 0.15) is 5.72 Å². The van der Waals surface area contributed by atoms with Gasteiger partial charge in [0.05, 0.1) is 0 Å². The van der Waals surface area contributed by atoms with Crippen LogP contribution >= 0.6 is 0 Å². The zero-order valence-corrected chi connectivity index (χ0v) is 4.73. The number of nitrogens with two attached hydrogens (primary N) is 1. The van der Waals surface area contributed by atoms with Crippen molar-refractivity contribution in [3.05, 3.63) is 0 Å². The summed E-state index contributed by atoms with van der Waals surface area (Å²) in [5.74, 6) is 0. The van der Waals surface area contributed by atoms with Gasteiger partial charge in [-0.15, -0.1) is 0 Å². The van der Waals surface area contributed by atoms with Crippen LogP contribution in [0.25, 0.3) is 0 Å². The second kappa shape index (κ2) is 2.26. The lowest BCUT2D eigenvalue weighted by Crippen LogP contribution is -2.44. The highest BCUT2D eigenvalue weighted by Crippen LogP contribution is 1.85. The number of hydrogen-bond donors (Lipinski definition) is 3. The van der Waals surface area contributed by atoms with E-state index in [4.69, 9.17) is 10.8 Å². The Hall–Kier alpha value is -0.120. The third kappa shape index (κ3) is 5.88. The summed E-state index contributed by atoms with van der Waals surface area (Å²) in [6.07, 6.45) is 0. The molecular weight excluding hydrogens is 92.1 g/mol. The van der Waals surface area contributed by atoms with Crippen molar-refractivity contribution >= 4 is 0 Å². The topological polar surface area (TPSA) is 58.3 Å². The van der Waals surface area contributed by atoms with Crippen LogP contribution < -0.4 is 11.1 Å². The van der Waals surface area contributed by atoms with Gasteiger partial charge in [-0.1, -0.05) is 0 Å². The lowest BCUT2D eigenvalue weighted by molar-refractivity contribution is 0.0690. The van der Waals surface area contributed by atoms with Gasteiger partial charge in [0.2, 0.25) is 0 Å². The third-order valence-electron chi connectivity index (χ3n) is 0.535. The van der Waals surface area contributed by atoms with Crippen LogP contribution in [0.3, 0.4) is 0 Å². The van der Waals surface area contributed by atoms with Gasteiger partial charge in [0.25, 0.3) is 0 Å². The van der Waals surface area contributed by atoms with Crippen molar-refractivity contribution in [2.45, 2.75) is 12.6 Å². The molecule has 0 spiro atoms. The summed E-state index contributed by atoms with van der Waals surface area (Å²) in [5, 5.41) is 11.5. The molecular formula is C4H12N2O. The van der Waals surface area contributed by atoms with E-state index in [1.807, 2.05) is 0 Å². The van der Waals surface area contributed by atoms with E-state index in [9.17, 15) is 0 Å². The third-order valence-corrected chi connectivity index (χ3v) is 0.535. The van der Waals surface area contributed by atoms with Crippen LogP contribution in [0.1, 0.15) is 6.92 Å².